The van der Waals surface area contributed by atoms with Crippen molar-refractivity contribution in [1.82, 2.24) is 0 Å². The van der Waals surface area contributed by atoms with E-state index in [0.717, 1.165) is 16.6 Å². The second-order valence-electron chi connectivity index (χ2n) is 7.12. The van der Waals surface area contributed by atoms with Crippen LogP contribution < -0.4 is 5.32 Å². The Balaban J connectivity index is 1.88. The summed E-state index contributed by atoms with van der Waals surface area (Å²) in [5.41, 5.74) is 3.48. The number of furan rings is 1. The Morgan fingerprint density at radius 1 is 1.08 bits per heavy atom. The van der Waals surface area contributed by atoms with Gasteiger partial charge in [-0.15, -0.1) is 0 Å². The van der Waals surface area contributed by atoms with Crippen LogP contribution >= 0.6 is 0 Å². The molecule has 0 atom stereocenters. The van der Waals surface area contributed by atoms with Crippen molar-refractivity contribution >= 4 is 22.6 Å². The first-order valence-corrected chi connectivity index (χ1v) is 8.31. The third-order valence-electron chi connectivity index (χ3n) is 4.20. The van der Waals surface area contributed by atoms with Crippen molar-refractivity contribution in [3.8, 4) is 0 Å². The van der Waals surface area contributed by atoms with Gasteiger partial charge in [0, 0.05) is 23.7 Å². The molecule has 0 unspecified atom stereocenters. The van der Waals surface area contributed by atoms with Gasteiger partial charge in [-0.05, 0) is 29.2 Å². The largest absolute Gasteiger partial charge is 0.451 e. The summed E-state index contributed by atoms with van der Waals surface area (Å²) in [6, 6.07) is 15.5. The van der Waals surface area contributed by atoms with E-state index in [1.54, 1.807) is 7.11 Å². The standard InChI is InChI=1S/C21H23NO3/c1-21(2,3)14-9-11-15(12-10-14)22-20(23)19-17(13-24-4)16-7-5-6-8-18(16)25-19/h5-12H,13H2,1-4H3,(H,22,23). The number of para-hydroxylation sites is 1. The highest BCUT2D eigenvalue weighted by atomic mass is 16.5. The number of hydrogen-bond acceptors (Lipinski definition) is 3. The van der Waals surface area contributed by atoms with Gasteiger partial charge in [0.1, 0.15) is 5.58 Å². The molecule has 0 aliphatic carbocycles. The first-order chi connectivity index (χ1) is 11.9. The lowest BCUT2D eigenvalue weighted by atomic mass is 9.87. The summed E-state index contributed by atoms with van der Waals surface area (Å²) in [4.78, 5) is 12.7. The minimum Gasteiger partial charge on any atom is -0.451 e. The minimum absolute atomic E-state index is 0.0763. The number of nitrogens with one attached hydrogen (secondary N) is 1. The Hall–Kier alpha value is -2.59. The number of ether oxygens (including phenoxy) is 1. The molecule has 4 nitrogen and oxygen atoms in total. The van der Waals surface area contributed by atoms with Crippen LogP contribution in [-0.4, -0.2) is 13.0 Å². The number of carbonyl (C=O) groups is 1. The first kappa shape index (κ1) is 17.2. The molecule has 0 spiro atoms. The predicted octanol–water partition coefficient (Wildman–Crippen LogP) is 5.13. The highest BCUT2D eigenvalue weighted by molar-refractivity contribution is 6.06. The van der Waals surface area contributed by atoms with Crippen LogP contribution in [0.3, 0.4) is 0 Å². The lowest BCUT2D eigenvalue weighted by Crippen LogP contribution is -2.14. The number of hydrogen-bond donors (Lipinski definition) is 1. The molecule has 1 aromatic heterocycles. The summed E-state index contributed by atoms with van der Waals surface area (Å²) in [6.45, 7) is 6.80. The fraction of sp³-hybridized carbons (Fsp3) is 0.286. The van der Waals surface area contributed by atoms with Crippen LogP contribution in [0, 0.1) is 0 Å². The minimum atomic E-state index is -0.272. The Morgan fingerprint density at radius 2 is 1.76 bits per heavy atom. The first-order valence-electron chi connectivity index (χ1n) is 8.31. The molecule has 0 aliphatic rings. The lowest BCUT2D eigenvalue weighted by Gasteiger charge is -2.19. The molecule has 0 bridgehead atoms. The predicted molar refractivity (Wildman–Crippen MR) is 100 cm³/mol. The molecule has 25 heavy (non-hydrogen) atoms. The van der Waals surface area contributed by atoms with Crippen molar-refractivity contribution in [1.29, 1.82) is 0 Å². The van der Waals surface area contributed by atoms with Gasteiger partial charge in [0.15, 0.2) is 5.76 Å². The van der Waals surface area contributed by atoms with E-state index in [0.29, 0.717) is 18.0 Å². The molecule has 0 radical (unpaired) electrons. The Labute approximate surface area is 147 Å². The molecular formula is C21H23NO3. The van der Waals surface area contributed by atoms with E-state index in [-0.39, 0.29) is 11.3 Å². The van der Waals surface area contributed by atoms with Gasteiger partial charge in [0.05, 0.1) is 6.61 Å². The van der Waals surface area contributed by atoms with Gasteiger partial charge >= 0.3 is 0 Å². The second-order valence-corrected chi connectivity index (χ2v) is 7.12. The zero-order valence-electron chi connectivity index (χ0n) is 15.1. The maximum Gasteiger partial charge on any atom is 0.291 e. The molecule has 0 aliphatic heterocycles. The van der Waals surface area contributed by atoms with Gasteiger partial charge in [0.25, 0.3) is 5.91 Å². The topological polar surface area (TPSA) is 51.5 Å². The van der Waals surface area contributed by atoms with Crippen LogP contribution in [0.15, 0.2) is 52.9 Å². The third kappa shape index (κ3) is 3.59. The molecule has 0 saturated heterocycles. The summed E-state index contributed by atoms with van der Waals surface area (Å²) in [5.74, 6) is 0.0229. The summed E-state index contributed by atoms with van der Waals surface area (Å²) >= 11 is 0. The summed E-state index contributed by atoms with van der Waals surface area (Å²) in [5, 5.41) is 3.81. The van der Waals surface area contributed by atoms with Gasteiger partial charge in [-0.25, -0.2) is 0 Å². The van der Waals surface area contributed by atoms with Crippen molar-refractivity contribution in [2.45, 2.75) is 32.8 Å². The van der Waals surface area contributed by atoms with Crippen LogP contribution in [0.4, 0.5) is 5.69 Å². The summed E-state index contributed by atoms with van der Waals surface area (Å²) in [7, 11) is 1.61. The highest BCUT2D eigenvalue weighted by Gasteiger charge is 2.21. The Morgan fingerprint density at radius 3 is 2.40 bits per heavy atom. The average molecular weight is 337 g/mol. The molecule has 4 heteroatoms. The summed E-state index contributed by atoms with van der Waals surface area (Å²) < 4.78 is 11.0. The number of carbonyl (C=O) groups excluding carboxylic acids is 1. The maximum absolute atomic E-state index is 12.7. The molecule has 0 saturated carbocycles. The second kappa shape index (κ2) is 6.73. The number of amides is 1. The van der Waals surface area contributed by atoms with Crippen LogP contribution in [0.1, 0.15) is 42.5 Å². The fourth-order valence-corrected chi connectivity index (χ4v) is 2.81. The van der Waals surface area contributed by atoms with Crippen LogP contribution in [0.5, 0.6) is 0 Å². The van der Waals surface area contributed by atoms with Crippen molar-refractivity contribution < 1.29 is 13.9 Å². The van der Waals surface area contributed by atoms with E-state index >= 15 is 0 Å². The van der Waals surface area contributed by atoms with E-state index in [9.17, 15) is 4.79 Å². The van der Waals surface area contributed by atoms with E-state index in [2.05, 4.69) is 26.1 Å². The van der Waals surface area contributed by atoms with Crippen LogP contribution in [-0.2, 0) is 16.8 Å². The van der Waals surface area contributed by atoms with E-state index in [1.807, 2.05) is 48.5 Å². The smallest absolute Gasteiger partial charge is 0.291 e. The van der Waals surface area contributed by atoms with Crippen molar-refractivity contribution in [3.63, 3.8) is 0 Å². The zero-order valence-corrected chi connectivity index (χ0v) is 15.1. The average Bonchev–Trinajstić information content (AvgIpc) is 2.94. The molecule has 2 aromatic carbocycles. The summed E-state index contributed by atoms with van der Waals surface area (Å²) in [6.07, 6.45) is 0. The van der Waals surface area contributed by atoms with Crippen molar-refractivity contribution in [2.24, 2.45) is 0 Å². The molecule has 0 fully saturated rings. The van der Waals surface area contributed by atoms with Gasteiger partial charge in [-0.3, -0.25) is 4.79 Å². The molecule has 3 rings (SSSR count). The maximum atomic E-state index is 12.7. The number of anilines is 1. The van der Waals surface area contributed by atoms with Gasteiger partial charge in [-0.1, -0.05) is 51.1 Å². The number of fused-ring (bicyclic) bond motifs is 1. The van der Waals surface area contributed by atoms with Gasteiger partial charge < -0.3 is 14.5 Å². The van der Waals surface area contributed by atoms with Gasteiger partial charge in [0.2, 0.25) is 0 Å². The van der Waals surface area contributed by atoms with E-state index in [4.69, 9.17) is 9.15 Å². The van der Waals surface area contributed by atoms with E-state index in [1.165, 1.54) is 5.56 Å². The highest BCUT2D eigenvalue weighted by Crippen LogP contribution is 2.28. The molecule has 1 N–H and O–H groups in total. The Kier molecular flexibility index (Phi) is 4.64. The number of benzene rings is 2. The van der Waals surface area contributed by atoms with Crippen molar-refractivity contribution in [3.05, 3.63) is 65.4 Å². The SMILES string of the molecule is COCc1c(C(=O)Nc2ccc(C(C)(C)C)cc2)oc2ccccc12. The lowest BCUT2D eigenvalue weighted by molar-refractivity contribution is 0.0992. The molecular weight excluding hydrogens is 314 g/mol. The fourth-order valence-electron chi connectivity index (χ4n) is 2.81. The van der Waals surface area contributed by atoms with Crippen LogP contribution in [0.25, 0.3) is 11.0 Å². The monoisotopic (exact) mass is 337 g/mol. The van der Waals surface area contributed by atoms with E-state index < -0.39 is 0 Å². The van der Waals surface area contributed by atoms with Crippen molar-refractivity contribution in [2.75, 3.05) is 12.4 Å². The molecule has 3 aromatic rings. The Bertz CT molecular complexity index is 886. The number of methoxy groups -OCH3 is 1. The third-order valence-corrected chi connectivity index (χ3v) is 4.20. The zero-order chi connectivity index (χ0) is 18.0. The molecule has 130 valence electrons. The number of rotatable bonds is 4. The normalized spacial score (nSPS) is 11.7. The van der Waals surface area contributed by atoms with Crippen LogP contribution in [0.2, 0.25) is 0 Å². The van der Waals surface area contributed by atoms with Gasteiger partial charge in [-0.2, -0.15) is 0 Å². The quantitative estimate of drug-likeness (QED) is 0.718. The molecule has 1 amide bonds. The molecule has 1 heterocycles.